The minimum atomic E-state index is 0.0713. The van der Waals surface area contributed by atoms with E-state index in [0.717, 1.165) is 43.1 Å². The van der Waals surface area contributed by atoms with Crippen LogP contribution in [0.3, 0.4) is 0 Å². The number of hydrogen-bond donors (Lipinski definition) is 1. The zero-order chi connectivity index (χ0) is 13.1. The zero-order valence-corrected chi connectivity index (χ0v) is 11.8. The van der Waals surface area contributed by atoms with Gasteiger partial charge in [-0.1, -0.05) is 6.92 Å². The Balaban J connectivity index is 2.31. The first kappa shape index (κ1) is 13.3. The van der Waals surface area contributed by atoms with Crippen LogP contribution >= 0.6 is 0 Å². The zero-order valence-electron chi connectivity index (χ0n) is 11.8. The Morgan fingerprint density at radius 2 is 2.06 bits per heavy atom. The van der Waals surface area contributed by atoms with Crippen LogP contribution < -0.4 is 5.32 Å². The molecule has 0 bridgehead atoms. The molecule has 0 amide bonds. The number of nitrogens with one attached hydrogen (secondary N) is 1. The van der Waals surface area contributed by atoms with Gasteiger partial charge in [-0.05, 0) is 40.0 Å². The first-order valence-electron chi connectivity index (χ1n) is 6.92. The molecule has 0 radical (unpaired) electrons. The van der Waals surface area contributed by atoms with Crippen LogP contribution in [0.15, 0.2) is 0 Å². The molecule has 2 rings (SSSR count). The Bertz CT molecular complexity index is 420. The van der Waals surface area contributed by atoms with E-state index >= 15 is 0 Å². The molecule has 0 aromatic carbocycles. The lowest BCUT2D eigenvalue weighted by Gasteiger charge is -2.16. The van der Waals surface area contributed by atoms with Crippen LogP contribution in [0.2, 0.25) is 0 Å². The van der Waals surface area contributed by atoms with Gasteiger partial charge in [0.1, 0.15) is 11.9 Å². The Kier molecular flexibility index (Phi) is 4.17. The number of aromatic nitrogens is 2. The second-order valence-corrected chi connectivity index (χ2v) is 4.89. The number of rotatable bonds is 4. The maximum absolute atomic E-state index is 5.86. The molecule has 0 saturated carbocycles. The SMILES string of the molecule is CCNc1nc(C2CCC(C)O2)nc(C)c1CC. The highest BCUT2D eigenvalue weighted by Crippen LogP contribution is 2.32. The van der Waals surface area contributed by atoms with Crippen molar-refractivity contribution in [3.8, 4) is 0 Å². The summed E-state index contributed by atoms with van der Waals surface area (Å²) < 4.78 is 5.86. The van der Waals surface area contributed by atoms with Crippen molar-refractivity contribution in [3.63, 3.8) is 0 Å². The number of hydrogen-bond acceptors (Lipinski definition) is 4. The van der Waals surface area contributed by atoms with E-state index in [0.29, 0.717) is 6.10 Å². The third-order valence-corrected chi connectivity index (χ3v) is 3.45. The maximum Gasteiger partial charge on any atom is 0.159 e. The maximum atomic E-state index is 5.86. The predicted octanol–water partition coefficient (Wildman–Crippen LogP) is 3.02. The van der Waals surface area contributed by atoms with Gasteiger partial charge >= 0.3 is 0 Å². The average molecular weight is 249 g/mol. The molecule has 1 saturated heterocycles. The average Bonchev–Trinajstić information content (AvgIpc) is 2.76. The van der Waals surface area contributed by atoms with Gasteiger partial charge < -0.3 is 10.1 Å². The summed E-state index contributed by atoms with van der Waals surface area (Å²) in [5.41, 5.74) is 2.29. The summed E-state index contributed by atoms with van der Waals surface area (Å²) in [5.74, 6) is 1.82. The van der Waals surface area contributed by atoms with E-state index in [9.17, 15) is 0 Å². The molecular formula is C14H23N3O. The molecule has 0 aliphatic carbocycles. The third-order valence-electron chi connectivity index (χ3n) is 3.45. The molecule has 1 aromatic rings. The lowest BCUT2D eigenvalue weighted by molar-refractivity contribution is 0.0502. The van der Waals surface area contributed by atoms with Gasteiger partial charge in [0.25, 0.3) is 0 Å². The number of anilines is 1. The molecule has 100 valence electrons. The fraction of sp³-hybridized carbons (Fsp3) is 0.714. The lowest BCUT2D eigenvalue weighted by Crippen LogP contribution is -2.12. The number of ether oxygens (including phenoxy) is 1. The summed E-state index contributed by atoms with van der Waals surface area (Å²) in [6.07, 6.45) is 3.47. The first-order chi connectivity index (χ1) is 8.65. The van der Waals surface area contributed by atoms with Crippen molar-refractivity contribution < 1.29 is 4.74 Å². The van der Waals surface area contributed by atoms with E-state index < -0.39 is 0 Å². The minimum Gasteiger partial charge on any atom is -0.370 e. The van der Waals surface area contributed by atoms with Crippen molar-refractivity contribution in [2.45, 2.75) is 59.2 Å². The van der Waals surface area contributed by atoms with Crippen LogP contribution in [0.25, 0.3) is 0 Å². The van der Waals surface area contributed by atoms with Gasteiger partial charge in [-0.3, -0.25) is 0 Å². The highest BCUT2D eigenvalue weighted by Gasteiger charge is 2.26. The Hall–Kier alpha value is -1.16. The summed E-state index contributed by atoms with van der Waals surface area (Å²) in [6.45, 7) is 9.28. The largest absolute Gasteiger partial charge is 0.370 e. The highest BCUT2D eigenvalue weighted by molar-refractivity contribution is 5.46. The standard InChI is InChI=1S/C14H23N3O/c1-5-11-10(4)16-14(17-13(11)15-6-2)12-8-7-9(3)18-12/h9,12H,5-8H2,1-4H3,(H,15,16,17). The molecule has 18 heavy (non-hydrogen) atoms. The molecule has 2 atom stereocenters. The quantitative estimate of drug-likeness (QED) is 0.891. The molecule has 0 spiro atoms. The van der Waals surface area contributed by atoms with Gasteiger partial charge in [-0.25, -0.2) is 9.97 Å². The summed E-state index contributed by atoms with van der Waals surface area (Å²) in [7, 11) is 0. The third kappa shape index (κ3) is 2.64. The van der Waals surface area contributed by atoms with Crippen LogP contribution in [0.5, 0.6) is 0 Å². The molecule has 4 nitrogen and oxygen atoms in total. The van der Waals surface area contributed by atoms with Crippen molar-refractivity contribution in [2.75, 3.05) is 11.9 Å². The normalized spacial score (nSPS) is 23.3. The van der Waals surface area contributed by atoms with Crippen LogP contribution in [0.1, 0.15) is 56.8 Å². The molecule has 1 aliphatic heterocycles. The Morgan fingerprint density at radius 3 is 2.61 bits per heavy atom. The molecule has 2 unspecified atom stereocenters. The van der Waals surface area contributed by atoms with Crippen molar-refractivity contribution in [2.24, 2.45) is 0 Å². The summed E-state index contributed by atoms with van der Waals surface area (Å²) in [4.78, 5) is 9.29. The first-order valence-corrected chi connectivity index (χ1v) is 6.92. The second-order valence-electron chi connectivity index (χ2n) is 4.89. The van der Waals surface area contributed by atoms with Crippen LogP contribution in [0.4, 0.5) is 5.82 Å². The minimum absolute atomic E-state index is 0.0713. The van der Waals surface area contributed by atoms with E-state index in [1.165, 1.54) is 5.56 Å². The fourth-order valence-corrected chi connectivity index (χ4v) is 2.49. The Labute approximate surface area is 109 Å². The van der Waals surface area contributed by atoms with E-state index in [2.05, 4.69) is 43.0 Å². The molecule has 1 aromatic heterocycles. The van der Waals surface area contributed by atoms with Crippen molar-refractivity contribution in [1.29, 1.82) is 0 Å². The molecule has 1 fully saturated rings. The number of aryl methyl sites for hydroxylation is 1. The smallest absolute Gasteiger partial charge is 0.159 e. The van der Waals surface area contributed by atoms with E-state index in [1.807, 2.05) is 0 Å². The fourth-order valence-electron chi connectivity index (χ4n) is 2.49. The molecule has 2 heterocycles. The summed E-state index contributed by atoms with van der Waals surface area (Å²) >= 11 is 0. The molecule has 1 aliphatic rings. The highest BCUT2D eigenvalue weighted by atomic mass is 16.5. The van der Waals surface area contributed by atoms with Crippen LogP contribution in [0, 0.1) is 6.92 Å². The van der Waals surface area contributed by atoms with Gasteiger partial charge in [0.2, 0.25) is 0 Å². The Morgan fingerprint density at radius 1 is 1.28 bits per heavy atom. The summed E-state index contributed by atoms with van der Waals surface area (Å²) in [5, 5.41) is 3.34. The topological polar surface area (TPSA) is 47.0 Å². The number of nitrogens with zero attached hydrogens (tertiary/aromatic N) is 2. The van der Waals surface area contributed by atoms with Crippen LogP contribution in [-0.4, -0.2) is 22.6 Å². The van der Waals surface area contributed by atoms with Gasteiger partial charge in [-0.2, -0.15) is 0 Å². The van der Waals surface area contributed by atoms with Crippen molar-refractivity contribution >= 4 is 5.82 Å². The van der Waals surface area contributed by atoms with Crippen molar-refractivity contribution in [3.05, 3.63) is 17.1 Å². The second kappa shape index (κ2) is 5.65. The van der Waals surface area contributed by atoms with E-state index in [1.54, 1.807) is 0 Å². The summed E-state index contributed by atoms with van der Waals surface area (Å²) in [6, 6.07) is 0. The van der Waals surface area contributed by atoms with Gasteiger partial charge in [0, 0.05) is 17.8 Å². The predicted molar refractivity (Wildman–Crippen MR) is 72.8 cm³/mol. The van der Waals surface area contributed by atoms with Crippen LogP contribution in [-0.2, 0) is 11.2 Å². The lowest BCUT2D eigenvalue weighted by atomic mass is 10.1. The van der Waals surface area contributed by atoms with E-state index in [-0.39, 0.29) is 6.10 Å². The van der Waals surface area contributed by atoms with Crippen molar-refractivity contribution in [1.82, 2.24) is 9.97 Å². The van der Waals surface area contributed by atoms with Gasteiger partial charge in [0.05, 0.1) is 6.10 Å². The molecule has 4 heteroatoms. The molecule has 1 N–H and O–H groups in total. The van der Waals surface area contributed by atoms with Gasteiger partial charge in [0.15, 0.2) is 5.82 Å². The molecular weight excluding hydrogens is 226 g/mol. The monoisotopic (exact) mass is 249 g/mol. The van der Waals surface area contributed by atoms with Gasteiger partial charge in [-0.15, -0.1) is 0 Å². The van der Waals surface area contributed by atoms with E-state index in [4.69, 9.17) is 4.74 Å².